The summed E-state index contributed by atoms with van der Waals surface area (Å²) in [5.41, 5.74) is 0.00486. The normalized spacial score (nSPS) is 27.7. The number of aliphatic hydroxyl groups is 1. The summed E-state index contributed by atoms with van der Waals surface area (Å²) in [6.07, 6.45) is 7.06. The second-order valence-corrected chi connectivity index (χ2v) is 8.93. The van der Waals surface area contributed by atoms with Gasteiger partial charge in [0.25, 0.3) is 5.91 Å². The Labute approximate surface area is 186 Å². The number of nitriles is 1. The summed E-state index contributed by atoms with van der Waals surface area (Å²) in [7, 11) is 0. The quantitative estimate of drug-likeness (QED) is 0.704. The van der Waals surface area contributed by atoms with Crippen molar-refractivity contribution in [2.45, 2.75) is 31.3 Å². The topological polar surface area (TPSA) is 115 Å². The third kappa shape index (κ3) is 3.76. The predicted octanol–water partition coefficient (Wildman–Crippen LogP) is 2.22. The number of nitrogens with zero attached hydrogens (tertiary/aromatic N) is 5. The van der Waals surface area contributed by atoms with E-state index in [1.807, 2.05) is 12.3 Å². The summed E-state index contributed by atoms with van der Waals surface area (Å²) in [5, 5.41) is 22.4. The Morgan fingerprint density at radius 1 is 1.12 bits per heavy atom. The Hall–Kier alpha value is -3.22. The average molecular weight is 435 g/mol. The van der Waals surface area contributed by atoms with E-state index in [-0.39, 0.29) is 18.4 Å². The Morgan fingerprint density at radius 3 is 2.75 bits per heavy atom. The van der Waals surface area contributed by atoms with E-state index in [9.17, 15) is 9.90 Å². The van der Waals surface area contributed by atoms with Crippen LogP contribution in [0.15, 0.2) is 36.7 Å². The number of amides is 1. The first-order chi connectivity index (χ1) is 15.5. The maximum atomic E-state index is 12.4. The van der Waals surface area contributed by atoms with Crippen molar-refractivity contribution in [1.82, 2.24) is 9.97 Å². The van der Waals surface area contributed by atoms with Gasteiger partial charge in [-0.25, -0.2) is 9.97 Å². The molecule has 1 amide bonds. The van der Waals surface area contributed by atoms with E-state index in [2.05, 4.69) is 26.3 Å². The molecule has 3 fully saturated rings. The lowest BCUT2D eigenvalue weighted by Crippen LogP contribution is -2.43. The summed E-state index contributed by atoms with van der Waals surface area (Å²) in [6, 6.07) is 9.08. The van der Waals surface area contributed by atoms with Gasteiger partial charge in [0.1, 0.15) is 17.7 Å². The molecule has 2 N–H and O–H groups in total. The third-order valence-corrected chi connectivity index (χ3v) is 6.75. The molecule has 2 aromatic rings. The highest BCUT2D eigenvalue weighted by Crippen LogP contribution is 2.39. The lowest BCUT2D eigenvalue weighted by molar-refractivity contribution is -0.128. The Balaban J connectivity index is 1.27. The molecule has 1 unspecified atom stereocenters. The molecule has 3 aliphatic rings. The van der Waals surface area contributed by atoms with Gasteiger partial charge in [-0.15, -0.1) is 0 Å². The largest absolute Gasteiger partial charge is 0.381 e. The number of rotatable bonds is 4. The van der Waals surface area contributed by atoms with Crippen LogP contribution in [0.1, 0.15) is 25.7 Å². The molecule has 3 aliphatic heterocycles. The Morgan fingerprint density at radius 2 is 2.03 bits per heavy atom. The zero-order valence-corrected chi connectivity index (χ0v) is 17.8. The second-order valence-electron chi connectivity index (χ2n) is 8.93. The number of carbonyl (C=O) groups excluding carboxylic acids is 1. The van der Waals surface area contributed by atoms with E-state index in [1.165, 1.54) is 11.3 Å². The van der Waals surface area contributed by atoms with Crippen molar-refractivity contribution < 1.29 is 14.6 Å². The number of pyridine rings is 2. The fourth-order valence-corrected chi connectivity index (χ4v) is 4.89. The maximum Gasteiger partial charge on any atom is 0.273 e. The van der Waals surface area contributed by atoms with Crippen molar-refractivity contribution in [3.05, 3.63) is 36.7 Å². The summed E-state index contributed by atoms with van der Waals surface area (Å²) in [5.74, 6) is 0.574. The third-order valence-electron chi connectivity index (χ3n) is 6.75. The zero-order chi connectivity index (χ0) is 22.2. The van der Waals surface area contributed by atoms with Gasteiger partial charge in [-0.2, -0.15) is 5.26 Å². The van der Waals surface area contributed by atoms with Crippen LogP contribution in [0.5, 0.6) is 0 Å². The lowest BCUT2D eigenvalue weighted by Gasteiger charge is -2.40. The lowest BCUT2D eigenvalue weighted by atomic mass is 9.79. The molecule has 166 valence electrons. The molecule has 2 atom stereocenters. The Bertz CT molecular complexity index is 1050. The molecule has 0 aromatic carbocycles. The van der Waals surface area contributed by atoms with Crippen LogP contribution in [-0.2, 0) is 9.53 Å². The number of anilines is 4. The molecular formula is C23H26N6O3. The second kappa shape index (κ2) is 8.04. The van der Waals surface area contributed by atoms with E-state index in [1.54, 1.807) is 24.4 Å². The molecule has 2 aromatic heterocycles. The number of aromatic nitrogens is 2. The van der Waals surface area contributed by atoms with Gasteiger partial charge in [0.15, 0.2) is 0 Å². The number of carbonyl (C=O) groups is 1. The molecule has 0 saturated carbocycles. The van der Waals surface area contributed by atoms with Gasteiger partial charge in [0.2, 0.25) is 5.60 Å². The highest BCUT2D eigenvalue weighted by Gasteiger charge is 2.46. The van der Waals surface area contributed by atoms with Crippen LogP contribution < -0.4 is 15.1 Å². The van der Waals surface area contributed by atoms with Crippen molar-refractivity contribution in [2.75, 3.05) is 48.0 Å². The number of hydrogen-bond acceptors (Lipinski definition) is 8. The summed E-state index contributed by atoms with van der Waals surface area (Å²) >= 11 is 0. The molecule has 5 heterocycles. The predicted molar refractivity (Wildman–Crippen MR) is 119 cm³/mol. The molecule has 0 aliphatic carbocycles. The number of hydrogen-bond donors (Lipinski definition) is 2. The van der Waals surface area contributed by atoms with Gasteiger partial charge in [-0.05, 0) is 37.5 Å². The molecule has 9 nitrogen and oxygen atoms in total. The Kier molecular flexibility index (Phi) is 5.19. The maximum absolute atomic E-state index is 12.4. The standard InChI is InChI=1S/C23H26N6O3/c24-14-23(31)6-10-29(21(23)30)17-4-8-25-20(12-17)27-19-3-2-18(13-26-19)28-9-1-5-22(15-28)7-11-32-16-22/h2-4,8,12-13,31H,1,5-7,9-11,15-16H2,(H,25,26,27)/t22?,23-/m0/s1. The van der Waals surface area contributed by atoms with Crippen molar-refractivity contribution in [3.63, 3.8) is 0 Å². The molecule has 9 heteroatoms. The van der Waals surface area contributed by atoms with Crippen LogP contribution in [0.25, 0.3) is 0 Å². The van der Waals surface area contributed by atoms with Crippen molar-refractivity contribution in [3.8, 4) is 6.07 Å². The van der Waals surface area contributed by atoms with Crippen LogP contribution >= 0.6 is 0 Å². The molecule has 0 radical (unpaired) electrons. The number of ether oxygens (including phenoxy) is 1. The number of nitrogens with one attached hydrogen (secondary N) is 1. The highest BCUT2D eigenvalue weighted by molar-refractivity contribution is 6.03. The zero-order valence-electron chi connectivity index (χ0n) is 17.8. The van der Waals surface area contributed by atoms with E-state index in [4.69, 9.17) is 10.00 Å². The van der Waals surface area contributed by atoms with Gasteiger partial charge in [0.05, 0.1) is 18.5 Å². The van der Waals surface area contributed by atoms with E-state index >= 15 is 0 Å². The minimum atomic E-state index is -1.95. The van der Waals surface area contributed by atoms with Crippen LogP contribution in [0.2, 0.25) is 0 Å². The van der Waals surface area contributed by atoms with Crippen LogP contribution in [0, 0.1) is 16.7 Å². The van der Waals surface area contributed by atoms with Crippen molar-refractivity contribution in [1.29, 1.82) is 5.26 Å². The summed E-state index contributed by atoms with van der Waals surface area (Å²) < 4.78 is 5.66. The van der Waals surface area contributed by atoms with Gasteiger partial charge < -0.3 is 25.0 Å². The van der Waals surface area contributed by atoms with Gasteiger partial charge in [-0.3, -0.25) is 4.79 Å². The molecular weight excluding hydrogens is 408 g/mol. The first-order valence-corrected chi connectivity index (χ1v) is 11.0. The summed E-state index contributed by atoms with van der Waals surface area (Å²) in [6.45, 7) is 4.02. The molecule has 3 saturated heterocycles. The SMILES string of the molecule is N#C[C@@]1(O)CCN(c2ccnc(Nc3ccc(N4CCCC5(CCOC5)C4)cn3)c2)C1=O. The van der Waals surface area contributed by atoms with Gasteiger partial charge in [-0.1, -0.05) is 0 Å². The minimum absolute atomic E-state index is 0.0837. The number of piperidine rings is 1. The highest BCUT2D eigenvalue weighted by atomic mass is 16.5. The molecule has 0 bridgehead atoms. The monoisotopic (exact) mass is 434 g/mol. The average Bonchev–Trinajstić information content (AvgIpc) is 3.39. The summed E-state index contributed by atoms with van der Waals surface area (Å²) in [4.78, 5) is 25.1. The van der Waals surface area contributed by atoms with Gasteiger partial charge >= 0.3 is 0 Å². The molecule has 32 heavy (non-hydrogen) atoms. The van der Waals surface area contributed by atoms with E-state index in [0.29, 0.717) is 17.3 Å². The first kappa shape index (κ1) is 20.7. The first-order valence-electron chi connectivity index (χ1n) is 11.0. The van der Waals surface area contributed by atoms with Crippen LogP contribution in [-0.4, -0.2) is 59.4 Å². The van der Waals surface area contributed by atoms with Crippen molar-refractivity contribution in [2.24, 2.45) is 5.41 Å². The fourth-order valence-electron chi connectivity index (χ4n) is 4.89. The van der Waals surface area contributed by atoms with E-state index in [0.717, 1.165) is 44.8 Å². The minimum Gasteiger partial charge on any atom is -0.381 e. The molecule has 1 spiro atoms. The van der Waals surface area contributed by atoms with Crippen LogP contribution in [0.4, 0.5) is 23.0 Å². The van der Waals surface area contributed by atoms with Crippen LogP contribution in [0.3, 0.4) is 0 Å². The fraction of sp³-hybridized carbons (Fsp3) is 0.478. The van der Waals surface area contributed by atoms with E-state index < -0.39 is 11.5 Å². The van der Waals surface area contributed by atoms with Gasteiger partial charge in [0, 0.05) is 56.0 Å². The smallest absolute Gasteiger partial charge is 0.273 e. The van der Waals surface area contributed by atoms with Crippen molar-refractivity contribution >= 4 is 28.9 Å². The molecule has 5 rings (SSSR count).